The summed E-state index contributed by atoms with van der Waals surface area (Å²) in [5, 5.41) is 95.2. The van der Waals surface area contributed by atoms with Crippen LogP contribution >= 0.6 is 11.8 Å². The molecule has 28 N–H and O–H groups in total. The first-order valence-corrected chi connectivity index (χ1v) is 38.9. The van der Waals surface area contributed by atoms with Crippen LogP contribution in [0.25, 0.3) is 0 Å². The topological polar surface area (TPSA) is 689 Å². The first kappa shape index (κ1) is 93.7. The maximum Gasteiger partial charge on any atom is 0.305 e. The average molecular weight is 1630 g/mol. The molecule has 0 bridgehead atoms. The van der Waals surface area contributed by atoms with Gasteiger partial charge in [-0.3, -0.25) is 92.3 Å². The summed E-state index contributed by atoms with van der Waals surface area (Å²) in [6.07, 6.45) is -1.00. The van der Waals surface area contributed by atoms with E-state index in [4.69, 9.17) is 28.0 Å². The maximum atomic E-state index is 14.5. The molecule has 1 saturated carbocycles. The number of nitrogens with two attached hydrogens (primary N) is 3. The molecule has 43 heteroatoms. The molecular weight excluding hydrogens is 1530 g/mol. The Morgan fingerprint density at radius 1 is 0.435 bits per heavy atom. The standard InChI is InChI=1S/C72H107N21O21S/c73-45(38-115-44-32-43(96)33-44)61(105)79-26-5-1-2-14-56(98)85-50(62(106)80-27-7-4-11-49-68(112)91-52(31-40-17-21-42(95)22-18-40)70(114)93-54(35-60(103)104)64(108)84-37-58(100)87-47(66(110)89-49)13-9-29-82-72(76)77)23-24-55(97)78-25-6-3-10-48-67(111)90-51(30-39-15-19-41(94)20-16-39)69(113)92-53(34-59(101)102)63(107)83-36-57(99)86-46(65(109)88-48)12-8-28-81-71(74)75/h15-22,44-54,94-95H,1-14,23-38,73H2,(H,78,97)(H,79,105)(H,80,106)(H,83,107)(H,84,108)(H,85,98)(H,86,99)(H,87,100)(H,88,109)(H,89,110)(H,90,111)(H,91,112)(H,92,113)(H,93,114)(H,101,102)(H,103,104)(H4,74,75,81)(H4,76,77,82)/t45?,46-,47-,48?,49?,50?,51+,52+,53-,54-/m1/s1. The number of ketones is 1. The number of hydrogen-bond acceptors (Lipinski definition) is 23. The van der Waals surface area contributed by atoms with Gasteiger partial charge in [0.2, 0.25) is 82.7 Å². The van der Waals surface area contributed by atoms with Crippen LogP contribution in [-0.2, 0) is 94.3 Å². The summed E-state index contributed by atoms with van der Waals surface area (Å²) in [6.45, 7) is -1.35. The zero-order chi connectivity index (χ0) is 84.5. The van der Waals surface area contributed by atoms with Crippen LogP contribution in [0, 0.1) is 10.8 Å². The molecule has 10 atom stereocenters. The number of carboxylic acid groups (broad SMARTS) is 2. The number of carbonyl (C=O) groups excluding carboxylic acids is 15. The molecule has 2 aliphatic heterocycles. The molecule has 2 saturated heterocycles. The number of aliphatic carboxylic acids is 2. The lowest BCUT2D eigenvalue weighted by atomic mass is 9.98. The number of carboxylic acids is 2. The first-order chi connectivity index (χ1) is 54.7. The number of aromatic hydroxyl groups is 2. The Morgan fingerprint density at radius 3 is 1.23 bits per heavy atom. The largest absolute Gasteiger partial charge is 0.508 e. The summed E-state index contributed by atoms with van der Waals surface area (Å²) in [7, 11) is 0. The van der Waals surface area contributed by atoms with Gasteiger partial charge < -0.3 is 123 Å². The van der Waals surface area contributed by atoms with Crippen molar-refractivity contribution in [3.05, 3.63) is 59.7 Å². The van der Waals surface area contributed by atoms with Gasteiger partial charge in [0, 0.05) is 82.3 Å². The number of hydrogen-bond donors (Lipinski definition) is 25. The Labute approximate surface area is 666 Å². The third kappa shape index (κ3) is 36.6. The molecule has 4 unspecified atom stereocenters. The van der Waals surface area contributed by atoms with Crippen molar-refractivity contribution in [2.24, 2.45) is 17.2 Å². The zero-order valence-corrected chi connectivity index (χ0v) is 64.4. The van der Waals surface area contributed by atoms with E-state index in [0.717, 1.165) is 0 Å². The van der Waals surface area contributed by atoms with E-state index in [2.05, 4.69) is 85.1 Å². The van der Waals surface area contributed by atoms with Crippen LogP contribution in [0.3, 0.4) is 0 Å². The highest BCUT2D eigenvalue weighted by atomic mass is 32.2. The van der Waals surface area contributed by atoms with Crippen LogP contribution in [0.5, 0.6) is 11.5 Å². The van der Waals surface area contributed by atoms with Crippen molar-refractivity contribution in [2.45, 2.75) is 207 Å². The number of amides is 14. The molecule has 1 aliphatic carbocycles. The van der Waals surface area contributed by atoms with Gasteiger partial charge >= 0.3 is 11.9 Å². The van der Waals surface area contributed by atoms with E-state index in [0.29, 0.717) is 49.0 Å². The van der Waals surface area contributed by atoms with Gasteiger partial charge in [-0.1, -0.05) is 30.7 Å². The molecule has 3 fully saturated rings. The van der Waals surface area contributed by atoms with E-state index in [1.54, 1.807) is 0 Å². The highest BCUT2D eigenvalue weighted by Gasteiger charge is 2.37. The fraction of sp³-hybridized carbons (Fsp3) is 0.569. The lowest BCUT2D eigenvalue weighted by Gasteiger charge is -2.26. The maximum absolute atomic E-state index is 14.5. The van der Waals surface area contributed by atoms with E-state index in [1.807, 2.05) is 0 Å². The van der Waals surface area contributed by atoms with Gasteiger partial charge in [-0.2, -0.15) is 11.8 Å². The Kier molecular flexibility index (Phi) is 40.4. The van der Waals surface area contributed by atoms with E-state index in [9.17, 15) is 102 Å². The lowest BCUT2D eigenvalue weighted by molar-refractivity contribution is -0.141. The Bertz CT molecular complexity index is 3760. The summed E-state index contributed by atoms with van der Waals surface area (Å²) in [5.41, 5.74) is 17.7. The molecule has 3 aliphatic rings. The van der Waals surface area contributed by atoms with E-state index in [1.165, 1.54) is 60.3 Å². The fourth-order valence-corrected chi connectivity index (χ4v) is 13.2. The van der Waals surface area contributed by atoms with Gasteiger partial charge in [0.25, 0.3) is 0 Å². The van der Waals surface area contributed by atoms with E-state index < -0.39 is 175 Å². The highest BCUT2D eigenvalue weighted by Crippen LogP contribution is 2.28. The summed E-state index contributed by atoms with van der Waals surface area (Å²) >= 11 is 1.46. The number of phenolic OH excluding ortho intramolecular Hbond substituents is 2. The van der Waals surface area contributed by atoms with Crippen LogP contribution in [0.15, 0.2) is 48.5 Å². The van der Waals surface area contributed by atoms with Crippen molar-refractivity contribution in [3.8, 4) is 11.5 Å². The second-order valence-electron chi connectivity index (χ2n) is 27.8. The predicted molar refractivity (Wildman–Crippen MR) is 413 cm³/mol. The van der Waals surface area contributed by atoms with Crippen LogP contribution < -0.4 is 102 Å². The Balaban J connectivity index is 1.31. The molecule has 0 radical (unpaired) electrons. The van der Waals surface area contributed by atoms with Crippen molar-refractivity contribution in [1.82, 2.24) is 85.1 Å². The summed E-state index contributed by atoms with van der Waals surface area (Å²) in [4.78, 5) is 228. The number of guanidine groups is 2. The number of benzene rings is 2. The molecular formula is C72H107N21O21S. The number of phenols is 2. The minimum Gasteiger partial charge on any atom is -0.508 e. The number of carbonyl (C=O) groups is 17. The van der Waals surface area contributed by atoms with Crippen molar-refractivity contribution < 1.29 is 102 Å². The molecule has 42 nitrogen and oxygen atoms in total. The summed E-state index contributed by atoms with van der Waals surface area (Å²) < 4.78 is 0. The van der Waals surface area contributed by atoms with Crippen LogP contribution in [0.2, 0.25) is 0 Å². The van der Waals surface area contributed by atoms with Crippen molar-refractivity contribution >= 4 is 124 Å². The monoisotopic (exact) mass is 1630 g/mol. The molecule has 5 rings (SSSR count). The van der Waals surface area contributed by atoms with Crippen molar-refractivity contribution in [1.29, 1.82) is 10.8 Å². The fourth-order valence-electron chi connectivity index (χ4n) is 12.0. The lowest BCUT2D eigenvalue weighted by Crippen LogP contribution is -2.58. The number of unbranched alkanes of at least 4 members (excludes halogenated alkanes) is 4. The number of Topliss-reactive ketones (excluding diaryl/α,β-unsaturated/α-hetero) is 1. The van der Waals surface area contributed by atoms with Crippen LogP contribution in [0.4, 0.5) is 0 Å². The van der Waals surface area contributed by atoms with Gasteiger partial charge in [0.1, 0.15) is 71.7 Å². The highest BCUT2D eigenvalue weighted by molar-refractivity contribution is 8.00. The van der Waals surface area contributed by atoms with E-state index >= 15 is 0 Å². The number of thioether (sulfide) groups is 1. The smallest absolute Gasteiger partial charge is 0.305 e. The summed E-state index contributed by atoms with van der Waals surface area (Å²) in [5.74, 6) is -15.6. The van der Waals surface area contributed by atoms with Gasteiger partial charge in [0.15, 0.2) is 11.9 Å². The third-order valence-corrected chi connectivity index (χ3v) is 19.7. The second-order valence-corrected chi connectivity index (χ2v) is 29.2. The zero-order valence-electron chi connectivity index (χ0n) is 63.6. The van der Waals surface area contributed by atoms with Crippen molar-refractivity contribution in [3.63, 3.8) is 0 Å². The van der Waals surface area contributed by atoms with Crippen LogP contribution in [0.1, 0.15) is 140 Å². The minimum absolute atomic E-state index is 0.0491. The summed E-state index contributed by atoms with van der Waals surface area (Å²) in [6, 6.07) is -3.46. The molecule has 0 spiro atoms. The van der Waals surface area contributed by atoms with Crippen molar-refractivity contribution in [2.75, 3.05) is 51.6 Å². The predicted octanol–water partition coefficient (Wildman–Crippen LogP) is -6.20. The minimum atomic E-state index is -1.77. The normalized spacial score (nSPS) is 20.7. The number of nitrogens with one attached hydrogen (secondary N) is 18. The molecule has 14 amide bonds. The first-order valence-electron chi connectivity index (χ1n) is 37.8. The van der Waals surface area contributed by atoms with Gasteiger partial charge in [-0.05, 0) is 119 Å². The van der Waals surface area contributed by atoms with E-state index in [-0.39, 0.29) is 169 Å². The average Bonchev–Trinajstić information content (AvgIpc) is 1.83. The Morgan fingerprint density at radius 2 is 0.809 bits per heavy atom. The molecule has 2 heterocycles. The quantitative estimate of drug-likeness (QED) is 0.0167. The molecule has 632 valence electrons. The second kappa shape index (κ2) is 49.6. The molecule has 0 aromatic heterocycles. The molecule has 2 aromatic rings. The molecule has 2 aromatic carbocycles. The molecule has 115 heavy (non-hydrogen) atoms. The number of rotatable bonds is 41. The third-order valence-electron chi connectivity index (χ3n) is 18.3. The Hall–Kier alpha value is -11.9. The van der Waals surface area contributed by atoms with Crippen LogP contribution in [-0.4, -0.2) is 250 Å². The SMILES string of the molecule is N=C(N)NCCC[C@H]1NC(=O)CNC(=O)[C@@H](CC(=O)O)NC(=O)[C@H](Cc2ccc(O)cc2)NC(=O)C(CCCCNC(=O)CCC(NC(=O)CCCCCNC(=O)C(N)CSC2CC(=O)C2)C(=O)NCCCCC2NC(=O)[C@@H](CCCNC(=N)N)NC(=O)CNC(=O)[C@@H](CC(=O)O)NC(=O)[C@H](Cc3ccc(O)cc3)NC2=O)NC1=O. The van der Waals surface area contributed by atoms with Gasteiger partial charge in [-0.15, -0.1) is 0 Å². The van der Waals surface area contributed by atoms with Gasteiger partial charge in [-0.25, -0.2) is 0 Å². The van der Waals surface area contributed by atoms with Gasteiger partial charge in [0.05, 0.1) is 32.0 Å².